The summed E-state index contributed by atoms with van der Waals surface area (Å²) in [7, 11) is 2.10. The van der Waals surface area contributed by atoms with Crippen molar-refractivity contribution in [3.63, 3.8) is 0 Å². The van der Waals surface area contributed by atoms with Crippen LogP contribution in [-0.4, -0.2) is 68.3 Å². The molecule has 3 heterocycles. The third-order valence-electron chi connectivity index (χ3n) is 5.63. The molecule has 1 unspecified atom stereocenters. The lowest BCUT2D eigenvalue weighted by atomic mass is 10.0. The number of nitrogens with one attached hydrogen (secondary N) is 2. The normalized spacial score (nSPS) is 17.5. The third-order valence-corrected chi connectivity index (χ3v) is 5.63. The van der Waals surface area contributed by atoms with Gasteiger partial charge in [-0.15, -0.1) is 0 Å². The fourth-order valence-corrected chi connectivity index (χ4v) is 4.01. The number of likely N-dealkylation sites (N-methyl/N-ethyl adjacent to an activating group) is 1. The van der Waals surface area contributed by atoms with Crippen LogP contribution in [0.15, 0.2) is 28.8 Å². The Morgan fingerprint density at radius 1 is 1.17 bits per heavy atom. The number of hydrogen-bond acceptors (Lipinski definition) is 7. The molecule has 2 aliphatic rings. The van der Waals surface area contributed by atoms with Gasteiger partial charge in [0.05, 0.1) is 19.3 Å². The molecule has 9 heteroatoms. The fraction of sp³-hybridized carbons (Fsp3) is 0.476. The van der Waals surface area contributed by atoms with E-state index < -0.39 is 11.8 Å². The van der Waals surface area contributed by atoms with Gasteiger partial charge in [0.2, 0.25) is 0 Å². The number of rotatable bonds is 5. The number of fused-ring (bicyclic) bond motifs is 1. The van der Waals surface area contributed by atoms with Gasteiger partial charge in [0.25, 0.3) is 0 Å². The Morgan fingerprint density at radius 2 is 1.97 bits per heavy atom. The van der Waals surface area contributed by atoms with Crippen molar-refractivity contribution in [3.8, 4) is 0 Å². The predicted molar refractivity (Wildman–Crippen MR) is 111 cm³/mol. The zero-order valence-corrected chi connectivity index (χ0v) is 17.3. The zero-order chi connectivity index (χ0) is 21.1. The van der Waals surface area contributed by atoms with Gasteiger partial charge >= 0.3 is 11.8 Å². The quantitative estimate of drug-likeness (QED) is 0.708. The minimum atomic E-state index is -0.764. The van der Waals surface area contributed by atoms with Crippen LogP contribution in [0.5, 0.6) is 0 Å². The van der Waals surface area contributed by atoms with Crippen molar-refractivity contribution >= 4 is 23.3 Å². The van der Waals surface area contributed by atoms with Crippen LogP contribution < -0.4 is 15.5 Å². The predicted octanol–water partition coefficient (Wildman–Crippen LogP) is 1.10. The average molecular weight is 413 g/mol. The summed E-state index contributed by atoms with van der Waals surface area (Å²) in [6, 6.07) is 8.01. The van der Waals surface area contributed by atoms with Gasteiger partial charge in [-0.2, -0.15) is 0 Å². The summed E-state index contributed by atoms with van der Waals surface area (Å²) in [4.78, 5) is 29.1. The van der Waals surface area contributed by atoms with Crippen LogP contribution in [0.3, 0.4) is 0 Å². The Hall–Kier alpha value is -2.91. The van der Waals surface area contributed by atoms with Crippen LogP contribution in [0.25, 0.3) is 0 Å². The van der Waals surface area contributed by atoms with Gasteiger partial charge in [-0.05, 0) is 30.5 Å². The standard InChI is InChI=1S/C21H27N5O4/c1-14-11-19(24-30-14)23-21(28)20(27)22-13-18(26-7-9-29-10-8-26)15-3-4-17-16(12-15)5-6-25(17)2/h3-4,11-12,18H,5-10,13H2,1-2H3,(H,22,27)(H,23,24,28). The van der Waals surface area contributed by atoms with Gasteiger partial charge in [-0.25, -0.2) is 0 Å². The monoisotopic (exact) mass is 413 g/mol. The molecule has 0 spiro atoms. The highest BCUT2D eigenvalue weighted by molar-refractivity contribution is 6.39. The first-order valence-electron chi connectivity index (χ1n) is 10.2. The van der Waals surface area contributed by atoms with Gasteiger partial charge in [0.1, 0.15) is 5.76 Å². The van der Waals surface area contributed by atoms with E-state index in [1.807, 2.05) is 0 Å². The summed E-state index contributed by atoms with van der Waals surface area (Å²) >= 11 is 0. The SMILES string of the molecule is Cc1cc(NC(=O)C(=O)NCC(c2ccc3c(c2)CCN3C)N2CCOCC2)no1. The number of benzene rings is 1. The van der Waals surface area contributed by atoms with E-state index in [-0.39, 0.29) is 11.9 Å². The molecule has 1 saturated heterocycles. The van der Waals surface area contributed by atoms with E-state index in [1.165, 1.54) is 11.3 Å². The maximum atomic E-state index is 12.4. The maximum absolute atomic E-state index is 12.4. The van der Waals surface area contributed by atoms with E-state index in [0.717, 1.165) is 31.6 Å². The Labute approximate surface area is 175 Å². The number of carbonyl (C=O) groups is 2. The van der Waals surface area contributed by atoms with E-state index in [1.54, 1.807) is 13.0 Å². The molecule has 0 radical (unpaired) electrons. The van der Waals surface area contributed by atoms with E-state index in [4.69, 9.17) is 9.26 Å². The van der Waals surface area contributed by atoms with E-state index >= 15 is 0 Å². The molecule has 0 bridgehead atoms. The van der Waals surface area contributed by atoms with Gasteiger partial charge in [-0.1, -0.05) is 17.3 Å². The van der Waals surface area contributed by atoms with Crippen molar-refractivity contribution in [2.45, 2.75) is 19.4 Å². The number of carbonyl (C=O) groups excluding carboxylic acids is 2. The molecule has 160 valence electrons. The number of ether oxygens (including phenoxy) is 1. The number of anilines is 2. The number of nitrogens with zero attached hydrogens (tertiary/aromatic N) is 3. The van der Waals surface area contributed by atoms with Gasteiger partial charge in [0.15, 0.2) is 5.82 Å². The average Bonchev–Trinajstić information content (AvgIpc) is 3.33. The van der Waals surface area contributed by atoms with Crippen LogP contribution in [0, 0.1) is 6.92 Å². The molecule has 2 N–H and O–H groups in total. The van der Waals surface area contributed by atoms with Crippen LogP contribution in [0.2, 0.25) is 0 Å². The lowest BCUT2D eigenvalue weighted by molar-refractivity contribution is -0.136. The van der Waals surface area contributed by atoms with E-state index in [0.29, 0.717) is 25.5 Å². The topological polar surface area (TPSA) is 99.9 Å². The number of aromatic nitrogens is 1. The van der Waals surface area contributed by atoms with Crippen molar-refractivity contribution < 1.29 is 18.8 Å². The first-order chi connectivity index (χ1) is 14.5. The lowest BCUT2D eigenvalue weighted by Gasteiger charge is -2.35. The molecular formula is C21H27N5O4. The molecular weight excluding hydrogens is 386 g/mol. The molecule has 30 heavy (non-hydrogen) atoms. The Balaban J connectivity index is 1.45. The van der Waals surface area contributed by atoms with Gasteiger partial charge in [0, 0.05) is 45.0 Å². The molecule has 2 aromatic rings. The van der Waals surface area contributed by atoms with Crippen molar-refractivity contribution in [2.24, 2.45) is 0 Å². The second-order valence-electron chi connectivity index (χ2n) is 7.71. The molecule has 1 aromatic carbocycles. The molecule has 2 amide bonds. The van der Waals surface area contributed by atoms with Crippen molar-refractivity contribution in [1.82, 2.24) is 15.4 Å². The molecule has 9 nitrogen and oxygen atoms in total. The number of aryl methyl sites for hydroxylation is 1. The Kier molecular flexibility index (Phi) is 6.01. The number of morpholine rings is 1. The summed E-state index contributed by atoms with van der Waals surface area (Å²) in [5.41, 5.74) is 3.71. The molecule has 2 aliphatic heterocycles. The molecule has 0 saturated carbocycles. The van der Waals surface area contributed by atoms with Crippen molar-refractivity contribution in [1.29, 1.82) is 0 Å². The first kappa shape index (κ1) is 20.4. The van der Waals surface area contributed by atoms with E-state index in [9.17, 15) is 9.59 Å². The highest BCUT2D eigenvalue weighted by Gasteiger charge is 2.26. The summed E-state index contributed by atoms with van der Waals surface area (Å²) in [6.07, 6.45) is 1.02. The van der Waals surface area contributed by atoms with Crippen LogP contribution in [-0.2, 0) is 20.7 Å². The zero-order valence-electron chi connectivity index (χ0n) is 17.3. The highest BCUT2D eigenvalue weighted by atomic mass is 16.5. The van der Waals surface area contributed by atoms with Crippen LogP contribution in [0.4, 0.5) is 11.5 Å². The maximum Gasteiger partial charge on any atom is 0.314 e. The largest absolute Gasteiger partial charge is 0.379 e. The lowest BCUT2D eigenvalue weighted by Crippen LogP contribution is -2.45. The molecule has 4 rings (SSSR count). The summed E-state index contributed by atoms with van der Waals surface area (Å²) in [5.74, 6) is -0.685. The number of amides is 2. The van der Waals surface area contributed by atoms with Gasteiger partial charge in [-0.3, -0.25) is 19.8 Å². The smallest absolute Gasteiger partial charge is 0.314 e. The minimum absolute atomic E-state index is 0.0313. The van der Waals surface area contributed by atoms with Crippen molar-refractivity contribution in [2.75, 3.05) is 56.7 Å². The second-order valence-corrected chi connectivity index (χ2v) is 7.71. The second kappa shape index (κ2) is 8.85. The Morgan fingerprint density at radius 3 is 2.70 bits per heavy atom. The third kappa shape index (κ3) is 4.47. The first-order valence-corrected chi connectivity index (χ1v) is 10.2. The molecule has 1 atom stereocenters. The molecule has 1 fully saturated rings. The summed E-state index contributed by atoms with van der Waals surface area (Å²) in [5, 5.41) is 8.91. The minimum Gasteiger partial charge on any atom is -0.379 e. The van der Waals surface area contributed by atoms with Gasteiger partial charge < -0.3 is 19.5 Å². The molecule has 1 aromatic heterocycles. The number of hydrogen-bond donors (Lipinski definition) is 2. The van der Waals surface area contributed by atoms with Crippen LogP contribution in [0.1, 0.15) is 22.9 Å². The summed E-state index contributed by atoms with van der Waals surface area (Å²) in [6.45, 7) is 5.93. The molecule has 0 aliphatic carbocycles. The van der Waals surface area contributed by atoms with E-state index in [2.05, 4.69) is 50.8 Å². The van der Waals surface area contributed by atoms with Crippen LogP contribution >= 0.6 is 0 Å². The Bertz CT molecular complexity index is 922. The van der Waals surface area contributed by atoms with Crippen molar-refractivity contribution in [3.05, 3.63) is 41.2 Å². The highest BCUT2D eigenvalue weighted by Crippen LogP contribution is 2.31. The fourth-order valence-electron chi connectivity index (χ4n) is 4.01. The summed E-state index contributed by atoms with van der Waals surface area (Å²) < 4.78 is 10.4.